The van der Waals surface area contributed by atoms with Crippen molar-refractivity contribution in [2.75, 3.05) is 124 Å². The van der Waals surface area contributed by atoms with Crippen LogP contribution in [-0.2, 0) is 78.5 Å². The van der Waals surface area contributed by atoms with Gasteiger partial charge in [-0.05, 0) is 214 Å². The molecular weight excluding hydrogens is 1100 g/mol. The molecule has 4 rings (SSSR count). The molecular formula is C69H129N15O4. The van der Waals surface area contributed by atoms with E-state index in [2.05, 4.69) is 165 Å². The van der Waals surface area contributed by atoms with Crippen molar-refractivity contribution in [1.29, 1.82) is 0 Å². The van der Waals surface area contributed by atoms with Gasteiger partial charge in [-0.25, -0.2) is 0 Å². The van der Waals surface area contributed by atoms with Gasteiger partial charge in [-0.15, -0.1) is 0 Å². The van der Waals surface area contributed by atoms with Crippen molar-refractivity contribution in [2.45, 2.75) is 159 Å². The molecule has 0 saturated carbocycles. The van der Waals surface area contributed by atoms with Crippen molar-refractivity contribution in [3.8, 4) is 23.0 Å². The van der Waals surface area contributed by atoms with Crippen molar-refractivity contribution in [1.82, 2.24) is 61.3 Å². The van der Waals surface area contributed by atoms with Gasteiger partial charge in [-0.2, -0.15) is 0 Å². The third-order valence-electron chi connectivity index (χ3n) is 13.2. The second-order valence-electron chi connectivity index (χ2n) is 27.4. The zero-order valence-electron chi connectivity index (χ0n) is 59.0. The van der Waals surface area contributed by atoms with E-state index in [1.165, 1.54) is 22.3 Å². The van der Waals surface area contributed by atoms with Crippen LogP contribution in [0.25, 0.3) is 0 Å². The molecule has 0 heterocycles. The summed E-state index contributed by atoms with van der Waals surface area (Å²) in [5.41, 5.74) is 29.9. The Morgan fingerprint density at radius 2 is 0.455 bits per heavy atom. The summed E-state index contributed by atoms with van der Waals surface area (Å²) >= 11 is 0. The fourth-order valence-corrected chi connectivity index (χ4v) is 9.64. The first-order chi connectivity index (χ1) is 41.2. The quantitative estimate of drug-likeness (QED) is 0.0233. The molecule has 0 saturated heterocycles. The number of phenolic OH excluding ortho intramolecular Hbond substituents is 4. The maximum absolute atomic E-state index is 10.6. The zero-order chi connectivity index (χ0) is 66.8. The number of hydrogen-bond acceptors (Lipinski definition) is 19. The molecule has 19 nitrogen and oxygen atoms in total. The molecule has 3 unspecified atom stereocenters. The molecule has 4 aromatic rings. The Hall–Kier alpha value is -4.52. The Morgan fingerprint density at radius 1 is 0.273 bits per heavy atom. The highest BCUT2D eigenvalue weighted by Gasteiger charge is 2.16. The zero-order valence-corrected chi connectivity index (χ0v) is 59.0. The van der Waals surface area contributed by atoms with E-state index in [1.807, 2.05) is 91.2 Å². The van der Waals surface area contributed by atoms with Crippen molar-refractivity contribution in [3.63, 3.8) is 0 Å². The first-order valence-corrected chi connectivity index (χ1v) is 31.9. The summed E-state index contributed by atoms with van der Waals surface area (Å²) in [6.45, 7) is 33.1. The minimum absolute atomic E-state index is 0.106. The molecule has 3 atom stereocenters. The summed E-state index contributed by atoms with van der Waals surface area (Å²) in [5, 5.41) is 62.2. The highest BCUT2D eigenvalue weighted by Crippen LogP contribution is 2.30. The van der Waals surface area contributed by atoms with Crippen molar-refractivity contribution in [2.24, 2.45) is 35.0 Å². The fourth-order valence-electron chi connectivity index (χ4n) is 9.64. The molecule has 16 N–H and O–H groups in total. The lowest BCUT2D eigenvalue weighted by atomic mass is 10.0. The molecule has 0 aromatic heterocycles. The number of nitrogens with zero attached hydrogens (tertiary/aromatic N) is 6. The lowest BCUT2D eigenvalue weighted by Crippen LogP contribution is -2.30. The van der Waals surface area contributed by atoms with Gasteiger partial charge in [0, 0.05) is 161 Å². The van der Waals surface area contributed by atoms with Gasteiger partial charge < -0.3 is 98.9 Å². The van der Waals surface area contributed by atoms with E-state index in [1.54, 1.807) is 0 Å². The molecule has 4 aromatic carbocycles. The Kier molecular flexibility index (Phi) is 40.8. The predicted octanol–water partition coefficient (Wildman–Crippen LogP) is 6.49. The van der Waals surface area contributed by atoms with Gasteiger partial charge in [0.2, 0.25) is 0 Å². The Labute approximate surface area is 535 Å². The highest BCUT2D eigenvalue weighted by atomic mass is 16.3. The number of hydrogen-bond donors (Lipinski definition) is 13. The Balaban J connectivity index is 0.000000587. The van der Waals surface area contributed by atoms with Crippen molar-refractivity contribution < 1.29 is 20.4 Å². The molecule has 0 radical (unpaired) electrons. The maximum atomic E-state index is 10.6. The van der Waals surface area contributed by atoms with E-state index < -0.39 is 0 Å². The molecule has 0 amide bonds. The van der Waals surface area contributed by atoms with Crippen LogP contribution < -0.4 is 49.1 Å². The normalized spacial score (nSPS) is 12.8. The predicted molar refractivity (Wildman–Crippen MR) is 372 cm³/mol. The molecule has 0 aliphatic rings. The molecule has 88 heavy (non-hydrogen) atoms. The van der Waals surface area contributed by atoms with E-state index >= 15 is 0 Å². The number of nitrogens with two attached hydrogens (primary N) is 3. The van der Waals surface area contributed by atoms with Crippen LogP contribution in [-0.4, -0.2) is 192 Å². The van der Waals surface area contributed by atoms with E-state index in [-0.39, 0.29) is 18.1 Å². The topological polar surface area (TPSA) is 251 Å². The summed E-state index contributed by atoms with van der Waals surface area (Å²) in [7, 11) is 24.3. The van der Waals surface area contributed by atoms with Gasteiger partial charge in [0.25, 0.3) is 0 Å². The standard InChI is InChI=1S/2C18H34N4O.C17H31N3O.C16H30N4O/c1-13(2)8-20-10-16-6-15(12-22(4)5)7-17(18(16)23)11-21-9-14(3)19;1-13(2)8-20-11-16-6-15(10-21-9-14(3)19)7-17(18(16)23)12-22(4)5;1-13(2)9-18-10-14-7-15(11-19(3)4)17(21)16(8-14)12-20(5)6;1-12(17)8-18-9-14-6-13(10-19(2)3)7-15(16(14)21)11-20(4)5/h2*6-7,13-14,20-21,23H,8-12,19H2,1-5H3;7-8,13,18,21H,9-12H2,1-6H3;6-7,12,18,21H,8-11,17H2,1-5H3. The molecule has 0 bridgehead atoms. The molecule has 19 heteroatoms. The molecule has 0 spiro atoms. The van der Waals surface area contributed by atoms with Crippen LogP contribution in [0.1, 0.15) is 129 Å². The summed E-state index contributed by atoms with van der Waals surface area (Å²) < 4.78 is 0. The SMILES string of the molecule is CC(C)CNCc1cc(CN(C)C)c(O)c(CN(C)C)c1.CC(C)CNCc1cc(CN(C)C)cc(CNCC(C)N)c1O.CC(C)CNCc1cc(CNCC(C)N)cc(CN(C)C)c1O.CC(N)CNCc1cc(CN(C)C)cc(CN(C)C)c1O. The van der Waals surface area contributed by atoms with Gasteiger partial charge in [0.1, 0.15) is 23.0 Å². The largest absolute Gasteiger partial charge is 0.507 e. The molecule has 0 fully saturated rings. The van der Waals surface area contributed by atoms with E-state index in [9.17, 15) is 20.4 Å². The van der Waals surface area contributed by atoms with Crippen LogP contribution in [0.4, 0.5) is 0 Å². The second kappa shape index (κ2) is 44.1. The van der Waals surface area contributed by atoms with Crippen LogP contribution in [0, 0.1) is 17.8 Å². The fraction of sp³-hybridized carbons (Fsp3) is 0.652. The van der Waals surface area contributed by atoms with Crippen LogP contribution >= 0.6 is 0 Å². The van der Waals surface area contributed by atoms with Gasteiger partial charge in [-0.3, -0.25) is 0 Å². The third-order valence-corrected chi connectivity index (χ3v) is 13.2. The number of nitrogens with one attached hydrogen (secondary N) is 6. The highest BCUT2D eigenvalue weighted by molar-refractivity contribution is 5.47. The summed E-state index contributed by atoms with van der Waals surface area (Å²) in [4.78, 5) is 12.6. The Bertz CT molecular complexity index is 2420. The van der Waals surface area contributed by atoms with Crippen LogP contribution in [0.15, 0.2) is 48.5 Å². The first-order valence-electron chi connectivity index (χ1n) is 31.9. The van der Waals surface area contributed by atoms with Crippen LogP contribution in [0.2, 0.25) is 0 Å². The smallest absolute Gasteiger partial charge is 0.124 e. The average Bonchev–Trinajstić information content (AvgIpc) is 2.91. The maximum Gasteiger partial charge on any atom is 0.124 e. The van der Waals surface area contributed by atoms with Crippen LogP contribution in [0.3, 0.4) is 0 Å². The lowest BCUT2D eigenvalue weighted by molar-refractivity contribution is 0.368. The van der Waals surface area contributed by atoms with E-state index in [0.717, 1.165) is 136 Å². The minimum Gasteiger partial charge on any atom is -0.507 e. The van der Waals surface area contributed by atoms with Gasteiger partial charge in [0.15, 0.2) is 0 Å². The number of rotatable bonds is 36. The molecule has 504 valence electrons. The monoisotopic (exact) mass is 1230 g/mol. The third kappa shape index (κ3) is 37.0. The van der Waals surface area contributed by atoms with Crippen molar-refractivity contribution >= 4 is 0 Å². The second-order valence-corrected chi connectivity index (χ2v) is 27.4. The summed E-state index contributed by atoms with van der Waals surface area (Å²) in [6.07, 6.45) is 0. The molecule has 0 aliphatic heterocycles. The lowest BCUT2D eigenvalue weighted by Gasteiger charge is -2.18. The molecule has 0 aliphatic carbocycles. The number of aromatic hydroxyl groups is 4. The number of benzene rings is 4. The van der Waals surface area contributed by atoms with Gasteiger partial charge in [-0.1, -0.05) is 41.5 Å². The summed E-state index contributed by atoms with van der Waals surface area (Å²) in [6, 6.07) is 17.1. The Morgan fingerprint density at radius 3 is 0.693 bits per heavy atom. The van der Waals surface area contributed by atoms with Gasteiger partial charge >= 0.3 is 0 Å². The summed E-state index contributed by atoms with van der Waals surface area (Å²) in [5.74, 6) is 3.45. The first kappa shape index (κ1) is 81.5. The van der Waals surface area contributed by atoms with Crippen molar-refractivity contribution in [3.05, 3.63) is 115 Å². The van der Waals surface area contributed by atoms with Crippen LogP contribution in [0.5, 0.6) is 23.0 Å². The van der Waals surface area contributed by atoms with Gasteiger partial charge in [0.05, 0.1) is 0 Å². The average molecular weight is 1230 g/mol. The minimum atomic E-state index is 0.106. The number of phenols is 4. The van der Waals surface area contributed by atoms with E-state index in [0.29, 0.717) is 66.9 Å². The van der Waals surface area contributed by atoms with E-state index in [4.69, 9.17) is 17.2 Å².